The Morgan fingerprint density at radius 3 is 2.44 bits per heavy atom. The van der Waals surface area contributed by atoms with E-state index in [0.29, 0.717) is 0 Å². The van der Waals surface area contributed by atoms with Gasteiger partial charge in [-0.25, -0.2) is 0 Å². The zero-order chi connectivity index (χ0) is 13.4. The second kappa shape index (κ2) is 4.46. The summed E-state index contributed by atoms with van der Waals surface area (Å²) in [4.78, 5) is 0. The summed E-state index contributed by atoms with van der Waals surface area (Å²) in [5.74, 6) is 0. The minimum atomic E-state index is -0.915. The van der Waals surface area contributed by atoms with Crippen LogP contribution in [0.3, 0.4) is 0 Å². The van der Waals surface area contributed by atoms with Crippen molar-refractivity contribution in [2.24, 2.45) is 0 Å². The van der Waals surface area contributed by atoms with Gasteiger partial charge in [-0.15, -0.1) is 5.53 Å². The Balaban J connectivity index is 2.03. The number of benzene rings is 1. The van der Waals surface area contributed by atoms with Gasteiger partial charge in [0.15, 0.2) is 0 Å². The van der Waals surface area contributed by atoms with Gasteiger partial charge in [-0.05, 0) is 39.8 Å². The first-order valence-electron chi connectivity index (χ1n) is 5.94. The van der Waals surface area contributed by atoms with E-state index in [2.05, 4.69) is 16.4 Å². The minimum Gasteiger partial charge on any atom is -0.427 e. The fourth-order valence-corrected chi connectivity index (χ4v) is 1.37. The molecule has 5 nitrogen and oxygen atoms in total. The van der Waals surface area contributed by atoms with Crippen LogP contribution in [0.4, 0.5) is 11.4 Å². The smallest absolute Gasteiger partial charge is 0.330 e. The van der Waals surface area contributed by atoms with E-state index in [1.54, 1.807) is 21.3 Å². The van der Waals surface area contributed by atoms with Crippen molar-refractivity contribution in [2.75, 3.05) is 10.9 Å². The predicted molar refractivity (Wildman–Crippen MR) is 73.7 cm³/mol. The van der Waals surface area contributed by atoms with Crippen LogP contribution in [0.5, 0.6) is 0 Å². The molecule has 0 spiro atoms. The average Bonchev–Trinajstić information content (AvgIpc) is 2.71. The molecule has 4 N–H and O–H groups in total. The molecule has 6 heteroatoms. The number of hydrazine groups is 2. The van der Waals surface area contributed by atoms with Crippen molar-refractivity contribution < 1.29 is 9.76 Å². The topological polar surface area (TPSA) is 65.5 Å². The number of hydrogen-bond donors (Lipinski definition) is 4. The lowest BCUT2D eigenvalue weighted by Gasteiger charge is -2.37. The van der Waals surface area contributed by atoms with E-state index in [1.165, 1.54) is 0 Å². The highest BCUT2D eigenvalue weighted by Crippen LogP contribution is 2.25. The van der Waals surface area contributed by atoms with Gasteiger partial charge in [0.25, 0.3) is 0 Å². The standard InChI is InChI=1S/C12H19BN3O2/c1-11(2,17)12(3,4)18-13-8-5-6-9-10(7-8)15-16-14-9/h5-7,14-17H,1-4H3. The molecule has 0 aliphatic carbocycles. The van der Waals surface area contributed by atoms with Crippen LogP contribution in [-0.2, 0) is 4.65 Å². The third-order valence-corrected chi connectivity index (χ3v) is 3.40. The van der Waals surface area contributed by atoms with Gasteiger partial charge in [0.05, 0.1) is 22.6 Å². The maximum absolute atomic E-state index is 10.0. The van der Waals surface area contributed by atoms with Crippen LogP contribution in [0.15, 0.2) is 18.2 Å². The predicted octanol–water partition coefficient (Wildman–Crippen LogP) is 0.754. The zero-order valence-electron chi connectivity index (χ0n) is 11.2. The lowest BCUT2D eigenvalue weighted by molar-refractivity contribution is -0.0893. The van der Waals surface area contributed by atoms with E-state index in [0.717, 1.165) is 16.8 Å². The third-order valence-electron chi connectivity index (χ3n) is 3.40. The molecule has 1 radical (unpaired) electrons. The molecule has 1 aromatic carbocycles. The monoisotopic (exact) mass is 248 g/mol. The summed E-state index contributed by atoms with van der Waals surface area (Å²) in [5.41, 5.74) is 10.1. The van der Waals surface area contributed by atoms with Gasteiger partial charge in [0.2, 0.25) is 0 Å². The molecule has 0 saturated heterocycles. The van der Waals surface area contributed by atoms with E-state index >= 15 is 0 Å². The molecule has 0 unspecified atom stereocenters. The molecule has 0 fully saturated rings. The molecular weight excluding hydrogens is 229 g/mol. The summed E-state index contributed by atoms with van der Waals surface area (Å²) in [5, 5.41) is 10.0. The van der Waals surface area contributed by atoms with Gasteiger partial charge in [-0.3, -0.25) is 0 Å². The highest BCUT2D eigenvalue weighted by molar-refractivity contribution is 6.47. The lowest BCUT2D eigenvalue weighted by atomic mass is 9.82. The lowest BCUT2D eigenvalue weighted by Crippen LogP contribution is -2.49. The number of aliphatic hydroxyl groups is 1. The Hall–Kier alpha value is -1.24. The van der Waals surface area contributed by atoms with Crippen LogP contribution in [0.2, 0.25) is 0 Å². The van der Waals surface area contributed by atoms with E-state index < -0.39 is 11.2 Å². The summed E-state index contributed by atoms with van der Waals surface area (Å²) >= 11 is 0. The van der Waals surface area contributed by atoms with E-state index in [9.17, 15) is 5.11 Å². The molecule has 1 aromatic rings. The fourth-order valence-electron chi connectivity index (χ4n) is 1.37. The molecule has 0 bridgehead atoms. The summed E-state index contributed by atoms with van der Waals surface area (Å²) in [6.45, 7) is 7.19. The maximum Gasteiger partial charge on any atom is 0.330 e. The van der Waals surface area contributed by atoms with Gasteiger partial charge >= 0.3 is 7.48 Å². The summed E-state index contributed by atoms with van der Waals surface area (Å²) in [6.07, 6.45) is 0. The van der Waals surface area contributed by atoms with Gasteiger partial charge < -0.3 is 20.6 Å². The normalized spacial score (nSPS) is 14.7. The van der Waals surface area contributed by atoms with Crippen molar-refractivity contribution >= 4 is 24.3 Å². The number of nitrogens with one attached hydrogen (secondary N) is 3. The van der Waals surface area contributed by atoms with Crippen molar-refractivity contribution in [1.29, 1.82) is 0 Å². The van der Waals surface area contributed by atoms with Crippen LogP contribution < -0.4 is 21.8 Å². The molecule has 0 aromatic heterocycles. The molecule has 1 aliphatic heterocycles. The first-order chi connectivity index (χ1) is 8.29. The quantitative estimate of drug-likeness (QED) is 0.592. The maximum atomic E-state index is 10.0. The first kappa shape index (κ1) is 13.2. The molecule has 97 valence electrons. The zero-order valence-corrected chi connectivity index (χ0v) is 11.2. The summed E-state index contributed by atoms with van der Waals surface area (Å²) in [6, 6.07) is 5.86. The Morgan fingerprint density at radius 2 is 1.78 bits per heavy atom. The van der Waals surface area contributed by atoms with Crippen molar-refractivity contribution in [2.45, 2.75) is 38.9 Å². The largest absolute Gasteiger partial charge is 0.427 e. The Kier molecular flexibility index (Phi) is 3.27. The molecule has 2 rings (SSSR count). The van der Waals surface area contributed by atoms with Crippen molar-refractivity contribution in [3.63, 3.8) is 0 Å². The number of rotatable bonds is 4. The van der Waals surface area contributed by atoms with E-state index in [-0.39, 0.29) is 0 Å². The van der Waals surface area contributed by atoms with Crippen molar-refractivity contribution in [3.05, 3.63) is 18.2 Å². The third kappa shape index (κ3) is 2.61. The number of anilines is 2. The van der Waals surface area contributed by atoms with Crippen molar-refractivity contribution in [3.8, 4) is 0 Å². The van der Waals surface area contributed by atoms with Crippen LogP contribution in [0.25, 0.3) is 0 Å². The van der Waals surface area contributed by atoms with Crippen LogP contribution in [0.1, 0.15) is 27.7 Å². The SMILES string of the molecule is CC(C)(O)C(C)(C)O[B]c1ccc2c(c1)NNN2. The van der Waals surface area contributed by atoms with Crippen LogP contribution in [0, 0.1) is 0 Å². The first-order valence-corrected chi connectivity index (χ1v) is 5.94. The van der Waals surface area contributed by atoms with Gasteiger partial charge in [0, 0.05) is 0 Å². The highest BCUT2D eigenvalue weighted by atomic mass is 16.5. The molecule has 1 heterocycles. The van der Waals surface area contributed by atoms with E-state index in [4.69, 9.17) is 4.65 Å². The Bertz CT molecular complexity index is 443. The highest BCUT2D eigenvalue weighted by Gasteiger charge is 2.35. The van der Waals surface area contributed by atoms with Gasteiger partial charge in [-0.1, -0.05) is 11.5 Å². The average molecular weight is 248 g/mol. The Labute approximate surface area is 108 Å². The Morgan fingerprint density at radius 1 is 1.11 bits per heavy atom. The molecule has 0 saturated carbocycles. The van der Waals surface area contributed by atoms with E-state index in [1.807, 2.05) is 32.0 Å². The molecule has 0 amide bonds. The van der Waals surface area contributed by atoms with Gasteiger partial charge in [0.1, 0.15) is 0 Å². The van der Waals surface area contributed by atoms with Crippen molar-refractivity contribution in [1.82, 2.24) is 5.53 Å². The fraction of sp³-hybridized carbons (Fsp3) is 0.500. The summed E-state index contributed by atoms with van der Waals surface area (Å²) < 4.78 is 5.70. The van der Waals surface area contributed by atoms with Gasteiger partial charge in [-0.2, -0.15) is 0 Å². The number of hydrogen-bond acceptors (Lipinski definition) is 5. The van der Waals surface area contributed by atoms with Crippen LogP contribution in [-0.4, -0.2) is 23.8 Å². The second-order valence-corrected chi connectivity index (χ2v) is 5.49. The molecule has 18 heavy (non-hydrogen) atoms. The molecule has 1 aliphatic rings. The minimum absolute atomic E-state index is 0.657. The second-order valence-electron chi connectivity index (χ2n) is 5.49. The summed E-state index contributed by atoms with van der Waals surface area (Å²) in [7, 11) is 1.66. The number of fused-ring (bicyclic) bond motifs is 1. The van der Waals surface area contributed by atoms with Crippen LogP contribution >= 0.6 is 0 Å². The molecular formula is C12H19BN3O2. The molecule has 0 atom stereocenters.